The zero-order chi connectivity index (χ0) is 13.0. The van der Waals surface area contributed by atoms with Gasteiger partial charge in [0, 0.05) is 32.2 Å². The molecule has 18 heavy (non-hydrogen) atoms. The molecule has 2 rings (SSSR count). The predicted octanol–water partition coefficient (Wildman–Crippen LogP) is 1.19. The lowest BCUT2D eigenvalue weighted by Crippen LogP contribution is -2.27. The van der Waals surface area contributed by atoms with Crippen molar-refractivity contribution in [3.8, 4) is 0 Å². The van der Waals surface area contributed by atoms with Gasteiger partial charge in [0.05, 0.1) is 12.4 Å². The summed E-state index contributed by atoms with van der Waals surface area (Å²) >= 11 is 0. The molecule has 2 aromatic heterocycles. The van der Waals surface area contributed by atoms with E-state index in [4.69, 9.17) is 0 Å². The predicted molar refractivity (Wildman–Crippen MR) is 68.5 cm³/mol. The maximum atomic E-state index is 12.1. The number of rotatable bonds is 3. The molecule has 0 unspecified atom stereocenters. The van der Waals surface area contributed by atoms with E-state index in [1.165, 1.54) is 17.3 Å². The first-order chi connectivity index (χ1) is 8.72. The van der Waals surface area contributed by atoms with Gasteiger partial charge in [0.2, 0.25) is 0 Å². The molecular weight excluding hydrogens is 230 g/mol. The third kappa shape index (κ3) is 2.42. The van der Waals surface area contributed by atoms with Gasteiger partial charge in [-0.2, -0.15) is 0 Å². The summed E-state index contributed by atoms with van der Waals surface area (Å²) in [5, 5.41) is 2.85. The molecule has 0 aromatic carbocycles. The Balaban J connectivity index is 2.20. The Labute approximate surface area is 105 Å². The fraction of sp³-hybridized carbons (Fsp3) is 0.167. The van der Waals surface area contributed by atoms with Crippen LogP contribution in [0.25, 0.3) is 0 Å². The van der Waals surface area contributed by atoms with Gasteiger partial charge in [-0.05, 0) is 12.1 Å². The van der Waals surface area contributed by atoms with Crippen LogP contribution < -0.4 is 10.2 Å². The summed E-state index contributed by atoms with van der Waals surface area (Å²) < 4.78 is 0. The van der Waals surface area contributed by atoms with Crippen LogP contribution in [0.2, 0.25) is 0 Å². The molecule has 6 heteroatoms. The zero-order valence-corrected chi connectivity index (χ0v) is 10.2. The first-order valence-electron chi connectivity index (χ1n) is 5.40. The largest absolute Gasteiger partial charge is 0.372 e. The van der Waals surface area contributed by atoms with Crippen LogP contribution in [-0.4, -0.2) is 35.0 Å². The van der Waals surface area contributed by atoms with Crippen LogP contribution in [-0.2, 0) is 0 Å². The second-order valence-electron chi connectivity index (χ2n) is 3.61. The number of hydrogen-bond acceptors (Lipinski definition) is 5. The van der Waals surface area contributed by atoms with Crippen molar-refractivity contribution in [2.75, 3.05) is 24.3 Å². The number of amides is 1. The molecule has 2 heterocycles. The van der Waals surface area contributed by atoms with E-state index < -0.39 is 0 Å². The summed E-state index contributed by atoms with van der Waals surface area (Å²) in [6, 6.07) is 3.51. The molecule has 0 saturated carbocycles. The van der Waals surface area contributed by atoms with Crippen LogP contribution in [0.4, 0.5) is 11.5 Å². The Bertz CT molecular complexity index is 526. The van der Waals surface area contributed by atoms with Gasteiger partial charge in [-0.15, -0.1) is 0 Å². The minimum Gasteiger partial charge on any atom is -0.372 e. The molecule has 1 amide bonds. The lowest BCUT2D eigenvalue weighted by atomic mass is 10.3. The number of pyridine rings is 1. The lowest BCUT2D eigenvalue weighted by molar-refractivity contribution is 0.0988. The molecular formula is C12H13N5O. The molecule has 92 valence electrons. The Morgan fingerprint density at radius 2 is 1.94 bits per heavy atom. The summed E-state index contributed by atoms with van der Waals surface area (Å²) in [6.45, 7) is 0. The maximum Gasteiger partial charge on any atom is 0.278 e. The number of nitrogens with one attached hydrogen (secondary N) is 1. The molecule has 6 nitrogen and oxygen atoms in total. The molecule has 0 atom stereocenters. The third-order valence-electron chi connectivity index (χ3n) is 2.48. The Morgan fingerprint density at radius 3 is 2.50 bits per heavy atom. The topological polar surface area (TPSA) is 71.0 Å². The van der Waals surface area contributed by atoms with Crippen molar-refractivity contribution >= 4 is 17.4 Å². The molecule has 0 aliphatic carbocycles. The third-order valence-corrected chi connectivity index (χ3v) is 2.48. The molecule has 0 fully saturated rings. The van der Waals surface area contributed by atoms with E-state index in [1.54, 1.807) is 38.6 Å². The van der Waals surface area contributed by atoms with Crippen LogP contribution in [0.1, 0.15) is 10.5 Å². The van der Waals surface area contributed by atoms with Gasteiger partial charge < -0.3 is 10.2 Å². The van der Waals surface area contributed by atoms with Crippen molar-refractivity contribution in [3.63, 3.8) is 0 Å². The van der Waals surface area contributed by atoms with Gasteiger partial charge in [0.1, 0.15) is 11.5 Å². The normalized spacial score (nSPS) is 9.89. The average Bonchev–Trinajstić information content (AvgIpc) is 2.47. The fourth-order valence-corrected chi connectivity index (χ4v) is 1.42. The highest BCUT2D eigenvalue weighted by Gasteiger charge is 2.14. The van der Waals surface area contributed by atoms with Gasteiger partial charge in [0.25, 0.3) is 5.91 Å². The highest BCUT2D eigenvalue weighted by Crippen LogP contribution is 2.12. The molecule has 0 aliphatic heterocycles. The van der Waals surface area contributed by atoms with Crippen molar-refractivity contribution in [3.05, 3.63) is 42.6 Å². The van der Waals surface area contributed by atoms with Crippen LogP contribution >= 0.6 is 0 Å². The minimum absolute atomic E-state index is 0.212. The lowest BCUT2D eigenvalue weighted by Gasteiger charge is -2.16. The molecule has 2 aromatic rings. The van der Waals surface area contributed by atoms with Crippen molar-refractivity contribution in [2.24, 2.45) is 0 Å². The van der Waals surface area contributed by atoms with Gasteiger partial charge in [0.15, 0.2) is 0 Å². The Hall–Kier alpha value is -2.50. The van der Waals surface area contributed by atoms with E-state index >= 15 is 0 Å². The SMILES string of the molecule is CNc1cnc(C(=O)N(C)c2ccncc2)cn1. The van der Waals surface area contributed by atoms with E-state index in [2.05, 4.69) is 20.3 Å². The molecule has 0 aliphatic rings. The van der Waals surface area contributed by atoms with Crippen molar-refractivity contribution in [2.45, 2.75) is 0 Å². The van der Waals surface area contributed by atoms with E-state index in [1.807, 2.05) is 0 Å². The fourth-order valence-electron chi connectivity index (χ4n) is 1.42. The van der Waals surface area contributed by atoms with Crippen LogP contribution in [0, 0.1) is 0 Å². The summed E-state index contributed by atoms with van der Waals surface area (Å²) in [4.78, 5) is 25.7. The maximum absolute atomic E-state index is 12.1. The number of aromatic nitrogens is 3. The first kappa shape index (κ1) is 12.0. The molecule has 0 bridgehead atoms. The zero-order valence-electron chi connectivity index (χ0n) is 10.2. The first-order valence-corrected chi connectivity index (χ1v) is 5.40. The molecule has 0 radical (unpaired) electrons. The van der Waals surface area contributed by atoms with E-state index in [-0.39, 0.29) is 5.91 Å². The van der Waals surface area contributed by atoms with Gasteiger partial charge in [-0.1, -0.05) is 0 Å². The van der Waals surface area contributed by atoms with E-state index in [0.29, 0.717) is 11.5 Å². The Morgan fingerprint density at radius 1 is 1.22 bits per heavy atom. The molecule has 0 spiro atoms. The van der Waals surface area contributed by atoms with E-state index in [0.717, 1.165) is 5.69 Å². The van der Waals surface area contributed by atoms with Crippen LogP contribution in [0.15, 0.2) is 36.9 Å². The van der Waals surface area contributed by atoms with E-state index in [9.17, 15) is 4.79 Å². The molecule has 1 N–H and O–H groups in total. The highest BCUT2D eigenvalue weighted by molar-refractivity contribution is 6.04. The van der Waals surface area contributed by atoms with Crippen molar-refractivity contribution < 1.29 is 4.79 Å². The number of nitrogens with zero attached hydrogens (tertiary/aromatic N) is 4. The quantitative estimate of drug-likeness (QED) is 0.876. The van der Waals surface area contributed by atoms with Gasteiger partial charge in [-0.25, -0.2) is 9.97 Å². The molecule has 0 saturated heterocycles. The summed E-state index contributed by atoms with van der Waals surface area (Å²) in [5.41, 5.74) is 1.06. The summed E-state index contributed by atoms with van der Waals surface area (Å²) in [6.07, 6.45) is 6.24. The smallest absolute Gasteiger partial charge is 0.278 e. The van der Waals surface area contributed by atoms with Crippen LogP contribution in [0.3, 0.4) is 0 Å². The number of hydrogen-bond donors (Lipinski definition) is 1. The minimum atomic E-state index is -0.212. The monoisotopic (exact) mass is 243 g/mol. The second-order valence-corrected chi connectivity index (χ2v) is 3.61. The summed E-state index contributed by atoms with van der Waals surface area (Å²) in [7, 11) is 3.43. The van der Waals surface area contributed by atoms with Crippen LogP contribution in [0.5, 0.6) is 0 Å². The Kier molecular flexibility index (Phi) is 3.47. The number of carbonyl (C=O) groups is 1. The van der Waals surface area contributed by atoms with Crippen molar-refractivity contribution in [1.29, 1.82) is 0 Å². The van der Waals surface area contributed by atoms with Crippen molar-refractivity contribution in [1.82, 2.24) is 15.0 Å². The highest BCUT2D eigenvalue weighted by atomic mass is 16.2. The van der Waals surface area contributed by atoms with Gasteiger partial charge in [-0.3, -0.25) is 9.78 Å². The average molecular weight is 243 g/mol. The second kappa shape index (κ2) is 5.22. The standard InChI is InChI=1S/C12H13N5O/c1-13-11-8-15-10(7-16-11)12(18)17(2)9-3-5-14-6-4-9/h3-8H,1-2H3,(H,13,16). The number of carbonyl (C=O) groups excluding carboxylic acids is 1. The number of anilines is 2. The summed E-state index contributed by atoms with van der Waals surface area (Å²) in [5.74, 6) is 0.412. The van der Waals surface area contributed by atoms with Gasteiger partial charge >= 0.3 is 0 Å².